The molecule has 66 valence electrons. The van der Waals surface area contributed by atoms with Crippen molar-refractivity contribution in [1.29, 1.82) is 0 Å². The third kappa shape index (κ3) is 1.09. The van der Waals surface area contributed by atoms with Crippen LogP contribution in [0.5, 0.6) is 0 Å². The minimum atomic E-state index is 0.0526. The normalized spacial score (nSPS) is 10.5. The Morgan fingerprint density at radius 3 is 2.92 bits per heavy atom. The van der Waals surface area contributed by atoms with Crippen LogP contribution in [0.3, 0.4) is 0 Å². The predicted molar refractivity (Wildman–Crippen MR) is 52.7 cm³/mol. The summed E-state index contributed by atoms with van der Waals surface area (Å²) in [6.45, 7) is 1.55. The number of anilines is 1. The van der Waals surface area contributed by atoms with Crippen LogP contribution in [0.4, 0.5) is 5.69 Å². The van der Waals surface area contributed by atoms with E-state index in [2.05, 4.69) is 4.98 Å². The fraction of sp³-hybridized carbons (Fsp3) is 0.100. The van der Waals surface area contributed by atoms with Crippen LogP contribution in [0.2, 0.25) is 0 Å². The first kappa shape index (κ1) is 7.86. The maximum Gasteiger partial charge on any atom is 0.161 e. The van der Waals surface area contributed by atoms with Gasteiger partial charge in [-0.25, -0.2) is 0 Å². The number of carbonyl (C=O) groups excluding carboxylic acids is 1. The molecule has 0 fully saturated rings. The van der Waals surface area contributed by atoms with Crippen molar-refractivity contribution in [1.82, 2.24) is 4.98 Å². The van der Waals surface area contributed by atoms with Gasteiger partial charge in [0.05, 0.1) is 11.2 Å². The van der Waals surface area contributed by atoms with Gasteiger partial charge in [-0.3, -0.25) is 4.79 Å². The van der Waals surface area contributed by atoms with Gasteiger partial charge in [0.2, 0.25) is 0 Å². The molecule has 0 amide bonds. The Hall–Kier alpha value is -1.77. The number of Topliss-reactive ketones (excluding diaryl/α,β-unsaturated/α-hetero) is 1. The molecule has 3 nitrogen and oxygen atoms in total. The van der Waals surface area contributed by atoms with E-state index in [9.17, 15) is 4.79 Å². The van der Waals surface area contributed by atoms with E-state index in [-0.39, 0.29) is 5.78 Å². The lowest BCUT2D eigenvalue weighted by molar-refractivity contribution is 0.101. The second-order valence-corrected chi connectivity index (χ2v) is 3.03. The van der Waals surface area contributed by atoms with E-state index in [4.69, 9.17) is 5.73 Å². The average molecular weight is 174 g/mol. The molecule has 3 heteroatoms. The maximum absolute atomic E-state index is 11.2. The molecule has 13 heavy (non-hydrogen) atoms. The lowest BCUT2D eigenvalue weighted by Crippen LogP contribution is -1.89. The van der Waals surface area contributed by atoms with Gasteiger partial charge in [-0.05, 0) is 13.0 Å². The predicted octanol–water partition coefficient (Wildman–Crippen LogP) is 1.95. The standard InChI is InChI=1S/C10H10N2O/c1-6(13)8-5-12-10-7(8)3-2-4-9(10)11/h2-5,12H,11H2,1H3. The highest BCUT2D eigenvalue weighted by atomic mass is 16.1. The number of nitrogen functional groups attached to an aromatic ring is 1. The first-order valence-electron chi connectivity index (χ1n) is 4.06. The number of nitrogens with one attached hydrogen (secondary N) is 1. The molecule has 1 aromatic carbocycles. The molecule has 0 saturated heterocycles. The van der Waals surface area contributed by atoms with Gasteiger partial charge in [0.1, 0.15) is 0 Å². The highest BCUT2D eigenvalue weighted by molar-refractivity contribution is 6.08. The van der Waals surface area contributed by atoms with Crippen molar-refractivity contribution in [3.8, 4) is 0 Å². The van der Waals surface area contributed by atoms with Gasteiger partial charge in [0, 0.05) is 17.1 Å². The van der Waals surface area contributed by atoms with E-state index >= 15 is 0 Å². The molecule has 0 aliphatic carbocycles. The van der Waals surface area contributed by atoms with Crippen molar-refractivity contribution >= 4 is 22.4 Å². The number of ketones is 1. The fourth-order valence-corrected chi connectivity index (χ4v) is 1.47. The number of H-pyrrole nitrogens is 1. The van der Waals surface area contributed by atoms with Crippen molar-refractivity contribution < 1.29 is 4.79 Å². The highest BCUT2D eigenvalue weighted by Crippen LogP contribution is 2.23. The van der Waals surface area contributed by atoms with Gasteiger partial charge in [-0.1, -0.05) is 12.1 Å². The summed E-state index contributed by atoms with van der Waals surface area (Å²) in [6.07, 6.45) is 1.70. The van der Waals surface area contributed by atoms with Gasteiger partial charge in [0.25, 0.3) is 0 Å². The first-order chi connectivity index (χ1) is 6.20. The van der Waals surface area contributed by atoms with Crippen LogP contribution >= 0.6 is 0 Å². The molecular formula is C10H10N2O. The molecule has 1 heterocycles. The lowest BCUT2D eigenvalue weighted by atomic mass is 10.1. The van der Waals surface area contributed by atoms with Crippen molar-refractivity contribution in [2.45, 2.75) is 6.92 Å². The topological polar surface area (TPSA) is 58.9 Å². The van der Waals surface area contributed by atoms with Gasteiger partial charge < -0.3 is 10.7 Å². The molecule has 0 saturated carbocycles. The molecule has 0 aliphatic heterocycles. The maximum atomic E-state index is 11.2. The van der Waals surface area contributed by atoms with E-state index in [1.165, 1.54) is 0 Å². The van der Waals surface area contributed by atoms with Gasteiger partial charge >= 0.3 is 0 Å². The molecule has 1 aromatic heterocycles. The van der Waals surface area contributed by atoms with E-state index in [0.29, 0.717) is 11.3 Å². The van der Waals surface area contributed by atoms with Crippen molar-refractivity contribution in [2.75, 3.05) is 5.73 Å². The Kier molecular flexibility index (Phi) is 1.59. The third-order valence-electron chi connectivity index (χ3n) is 2.13. The third-order valence-corrected chi connectivity index (χ3v) is 2.13. The Labute approximate surface area is 75.6 Å². The number of para-hydroxylation sites is 1. The minimum absolute atomic E-state index is 0.0526. The number of aromatic nitrogens is 1. The quantitative estimate of drug-likeness (QED) is 0.512. The summed E-state index contributed by atoms with van der Waals surface area (Å²) in [5.74, 6) is 0.0526. The molecule has 0 atom stereocenters. The van der Waals surface area contributed by atoms with Crippen molar-refractivity contribution in [2.24, 2.45) is 0 Å². The van der Waals surface area contributed by atoms with Gasteiger partial charge in [-0.2, -0.15) is 0 Å². The summed E-state index contributed by atoms with van der Waals surface area (Å²) >= 11 is 0. The van der Waals surface area contributed by atoms with Crippen molar-refractivity contribution in [3.05, 3.63) is 30.0 Å². The molecule has 0 bridgehead atoms. The van der Waals surface area contributed by atoms with E-state index in [1.54, 1.807) is 13.1 Å². The molecule has 0 radical (unpaired) electrons. The molecule has 0 spiro atoms. The number of hydrogen-bond acceptors (Lipinski definition) is 2. The molecule has 0 aliphatic rings. The van der Waals surface area contributed by atoms with Crippen LogP contribution in [-0.2, 0) is 0 Å². The van der Waals surface area contributed by atoms with E-state index < -0.39 is 0 Å². The summed E-state index contributed by atoms with van der Waals surface area (Å²) in [6, 6.07) is 5.54. The number of rotatable bonds is 1. The smallest absolute Gasteiger partial charge is 0.161 e. The van der Waals surface area contributed by atoms with E-state index in [0.717, 1.165) is 10.9 Å². The monoisotopic (exact) mass is 174 g/mol. The lowest BCUT2D eigenvalue weighted by Gasteiger charge is -1.95. The Morgan fingerprint density at radius 2 is 2.23 bits per heavy atom. The number of carbonyl (C=O) groups is 1. The zero-order valence-electron chi connectivity index (χ0n) is 7.29. The van der Waals surface area contributed by atoms with Crippen LogP contribution < -0.4 is 5.73 Å². The summed E-state index contributed by atoms with van der Waals surface area (Å²) in [4.78, 5) is 14.2. The second-order valence-electron chi connectivity index (χ2n) is 3.03. The number of hydrogen-bond donors (Lipinski definition) is 2. The molecule has 0 unspecified atom stereocenters. The number of benzene rings is 1. The number of aromatic amines is 1. The molecular weight excluding hydrogens is 164 g/mol. The van der Waals surface area contributed by atoms with Gasteiger partial charge in [-0.15, -0.1) is 0 Å². The Balaban J connectivity index is 2.83. The van der Waals surface area contributed by atoms with Crippen molar-refractivity contribution in [3.63, 3.8) is 0 Å². The number of fused-ring (bicyclic) bond motifs is 1. The van der Waals surface area contributed by atoms with E-state index in [1.807, 2.05) is 18.2 Å². The fourth-order valence-electron chi connectivity index (χ4n) is 1.47. The summed E-state index contributed by atoms with van der Waals surface area (Å²) in [5, 5.41) is 0.896. The average Bonchev–Trinajstić information content (AvgIpc) is 2.48. The molecule has 3 N–H and O–H groups in total. The largest absolute Gasteiger partial charge is 0.397 e. The van der Waals surface area contributed by atoms with Gasteiger partial charge in [0.15, 0.2) is 5.78 Å². The summed E-state index contributed by atoms with van der Waals surface area (Å²) in [5.41, 5.74) is 7.94. The van der Waals surface area contributed by atoms with Crippen LogP contribution in [0.15, 0.2) is 24.4 Å². The minimum Gasteiger partial charge on any atom is -0.397 e. The van der Waals surface area contributed by atoms with Crippen LogP contribution in [0.1, 0.15) is 17.3 Å². The zero-order valence-corrected chi connectivity index (χ0v) is 7.29. The summed E-state index contributed by atoms with van der Waals surface area (Å²) in [7, 11) is 0. The molecule has 2 rings (SSSR count). The second kappa shape index (κ2) is 2.62. The van der Waals surface area contributed by atoms with Crippen LogP contribution in [0.25, 0.3) is 10.9 Å². The van der Waals surface area contributed by atoms with Crippen LogP contribution in [0, 0.1) is 0 Å². The van der Waals surface area contributed by atoms with Crippen LogP contribution in [-0.4, -0.2) is 10.8 Å². The zero-order chi connectivity index (χ0) is 9.42. The number of nitrogens with two attached hydrogens (primary N) is 1. The first-order valence-corrected chi connectivity index (χ1v) is 4.06. The summed E-state index contributed by atoms with van der Waals surface area (Å²) < 4.78 is 0. The highest BCUT2D eigenvalue weighted by Gasteiger charge is 2.08. The SMILES string of the molecule is CC(=O)c1c[nH]c2c(N)cccc12. The Morgan fingerprint density at radius 1 is 1.46 bits per heavy atom. The Bertz CT molecular complexity index is 471. The molecule has 2 aromatic rings.